The van der Waals surface area contributed by atoms with Crippen LogP contribution in [-0.4, -0.2) is 5.91 Å². The minimum absolute atomic E-state index is 0.0745. The Bertz CT molecular complexity index is 520. The maximum Gasteiger partial charge on any atom is 0.252 e. The molecule has 1 aromatic carbocycles. The first-order valence-corrected chi connectivity index (χ1v) is 6.32. The molecule has 2 aromatic rings. The van der Waals surface area contributed by atoms with E-state index in [1.165, 1.54) is 0 Å². The van der Waals surface area contributed by atoms with E-state index < -0.39 is 0 Å². The molecule has 0 spiro atoms. The van der Waals surface area contributed by atoms with Gasteiger partial charge in [-0.25, -0.2) is 0 Å². The van der Waals surface area contributed by atoms with E-state index in [1.807, 2.05) is 31.2 Å². The average Bonchev–Trinajstić information content (AvgIpc) is 2.82. The Hall–Kier alpha value is -1.30. The van der Waals surface area contributed by atoms with Crippen LogP contribution in [0.25, 0.3) is 0 Å². The number of hydrogen-bond acceptors (Lipinski definition) is 2. The largest absolute Gasteiger partial charge is 0.467 e. The fraction of sp³-hybridized carbons (Fsp3) is 0.154. The highest BCUT2D eigenvalue weighted by Crippen LogP contribution is 2.16. The fourth-order valence-electron chi connectivity index (χ4n) is 1.50. The molecule has 1 aromatic heterocycles. The lowest BCUT2D eigenvalue weighted by Gasteiger charge is -2.07. The molecule has 3 nitrogen and oxygen atoms in total. The van der Waals surface area contributed by atoms with Crippen molar-refractivity contribution in [1.29, 1.82) is 0 Å². The van der Waals surface area contributed by atoms with Gasteiger partial charge in [0.2, 0.25) is 0 Å². The summed E-state index contributed by atoms with van der Waals surface area (Å²) >= 11 is 2.19. The van der Waals surface area contributed by atoms with E-state index in [9.17, 15) is 4.79 Å². The normalized spacial score (nSPS) is 10.2. The summed E-state index contributed by atoms with van der Waals surface area (Å²) in [5, 5.41) is 2.83. The molecule has 0 bridgehead atoms. The molecule has 0 radical (unpaired) electrons. The van der Waals surface area contributed by atoms with E-state index in [2.05, 4.69) is 27.9 Å². The number of aryl methyl sites for hydroxylation is 1. The van der Waals surface area contributed by atoms with E-state index in [0.29, 0.717) is 12.1 Å². The van der Waals surface area contributed by atoms with Crippen LogP contribution in [0.5, 0.6) is 0 Å². The number of hydrogen-bond donors (Lipinski definition) is 1. The van der Waals surface area contributed by atoms with Gasteiger partial charge < -0.3 is 9.73 Å². The Balaban J connectivity index is 2.07. The lowest BCUT2D eigenvalue weighted by Crippen LogP contribution is -2.23. The quantitative estimate of drug-likeness (QED) is 0.872. The van der Waals surface area contributed by atoms with Crippen molar-refractivity contribution in [1.82, 2.24) is 5.32 Å². The Morgan fingerprint density at radius 1 is 1.35 bits per heavy atom. The average molecular weight is 341 g/mol. The van der Waals surface area contributed by atoms with Crippen molar-refractivity contribution in [2.75, 3.05) is 0 Å². The topological polar surface area (TPSA) is 42.2 Å². The molecule has 0 saturated heterocycles. The van der Waals surface area contributed by atoms with E-state index >= 15 is 0 Å². The smallest absolute Gasteiger partial charge is 0.252 e. The van der Waals surface area contributed by atoms with Crippen LogP contribution in [-0.2, 0) is 6.54 Å². The predicted molar refractivity (Wildman–Crippen MR) is 73.8 cm³/mol. The molecule has 4 heteroatoms. The molecule has 1 heterocycles. The first-order chi connectivity index (χ1) is 8.18. The molecule has 0 saturated carbocycles. The summed E-state index contributed by atoms with van der Waals surface area (Å²) in [4.78, 5) is 12.0. The Kier molecular flexibility index (Phi) is 3.83. The van der Waals surface area contributed by atoms with Crippen LogP contribution in [0, 0.1) is 10.5 Å². The van der Waals surface area contributed by atoms with Gasteiger partial charge in [-0.1, -0.05) is 12.1 Å². The standard InChI is InChI=1S/C13H12INO2/c1-9-4-2-6-11(12(9)14)13(16)15-8-10-5-3-7-17-10/h2-7H,8H2,1H3,(H,15,16). The van der Waals surface area contributed by atoms with Gasteiger partial charge in [0.1, 0.15) is 5.76 Å². The summed E-state index contributed by atoms with van der Waals surface area (Å²) < 4.78 is 6.15. The number of carbonyl (C=O) groups is 1. The molecule has 0 aliphatic rings. The molecule has 2 rings (SSSR count). The van der Waals surface area contributed by atoms with Gasteiger partial charge in [0.25, 0.3) is 5.91 Å². The Morgan fingerprint density at radius 2 is 2.18 bits per heavy atom. The third kappa shape index (κ3) is 2.88. The summed E-state index contributed by atoms with van der Waals surface area (Å²) in [6, 6.07) is 9.34. The second-order valence-corrected chi connectivity index (χ2v) is 4.78. The highest BCUT2D eigenvalue weighted by Gasteiger charge is 2.11. The molecular formula is C13H12INO2. The summed E-state index contributed by atoms with van der Waals surface area (Å²) in [7, 11) is 0. The number of halogens is 1. The van der Waals surface area contributed by atoms with Crippen molar-refractivity contribution in [2.24, 2.45) is 0 Å². The van der Waals surface area contributed by atoms with Crippen LogP contribution < -0.4 is 5.32 Å². The SMILES string of the molecule is Cc1cccc(C(=O)NCc2ccco2)c1I. The number of nitrogens with one attached hydrogen (secondary N) is 1. The van der Waals surface area contributed by atoms with Gasteiger partial charge in [-0.2, -0.15) is 0 Å². The Morgan fingerprint density at radius 3 is 2.88 bits per heavy atom. The first kappa shape index (κ1) is 12.2. The third-order valence-corrected chi connectivity index (χ3v) is 3.87. The van der Waals surface area contributed by atoms with Gasteiger partial charge in [-0.15, -0.1) is 0 Å². The van der Waals surface area contributed by atoms with Crippen LogP contribution in [0.1, 0.15) is 21.7 Å². The highest BCUT2D eigenvalue weighted by atomic mass is 127. The number of furan rings is 1. The van der Waals surface area contributed by atoms with E-state index in [-0.39, 0.29) is 5.91 Å². The molecule has 17 heavy (non-hydrogen) atoms. The van der Waals surface area contributed by atoms with Crippen LogP contribution in [0.2, 0.25) is 0 Å². The van der Waals surface area contributed by atoms with Crippen molar-refractivity contribution in [3.63, 3.8) is 0 Å². The molecule has 0 aliphatic heterocycles. The summed E-state index contributed by atoms with van der Waals surface area (Å²) in [6.45, 7) is 2.40. The Labute approximate surface area is 113 Å². The summed E-state index contributed by atoms with van der Waals surface area (Å²) in [5.41, 5.74) is 1.81. The van der Waals surface area contributed by atoms with E-state index in [4.69, 9.17) is 4.42 Å². The van der Waals surface area contributed by atoms with Crippen LogP contribution in [0.15, 0.2) is 41.0 Å². The lowest BCUT2D eigenvalue weighted by molar-refractivity contribution is 0.0947. The minimum Gasteiger partial charge on any atom is -0.467 e. The summed E-state index contributed by atoms with van der Waals surface area (Å²) in [5.74, 6) is 0.676. The molecule has 0 atom stereocenters. The van der Waals surface area contributed by atoms with E-state index in [1.54, 1.807) is 12.3 Å². The van der Waals surface area contributed by atoms with Crippen LogP contribution >= 0.6 is 22.6 Å². The lowest BCUT2D eigenvalue weighted by atomic mass is 10.1. The molecule has 88 valence electrons. The highest BCUT2D eigenvalue weighted by molar-refractivity contribution is 14.1. The molecular weight excluding hydrogens is 329 g/mol. The van der Waals surface area contributed by atoms with Crippen molar-refractivity contribution in [3.8, 4) is 0 Å². The molecule has 0 unspecified atom stereocenters. The van der Waals surface area contributed by atoms with Crippen LogP contribution in [0.3, 0.4) is 0 Å². The van der Waals surface area contributed by atoms with Crippen LogP contribution in [0.4, 0.5) is 0 Å². The molecule has 0 fully saturated rings. The van der Waals surface area contributed by atoms with Gasteiger partial charge in [0, 0.05) is 3.57 Å². The zero-order valence-electron chi connectivity index (χ0n) is 9.37. The van der Waals surface area contributed by atoms with Crippen molar-refractivity contribution in [2.45, 2.75) is 13.5 Å². The fourth-order valence-corrected chi connectivity index (χ4v) is 2.10. The summed E-state index contributed by atoms with van der Waals surface area (Å²) in [6.07, 6.45) is 1.60. The minimum atomic E-state index is -0.0745. The second kappa shape index (κ2) is 5.35. The first-order valence-electron chi connectivity index (χ1n) is 5.24. The number of carbonyl (C=O) groups excluding carboxylic acids is 1. The van der Waals surface area contributed by atoms with Crippen molar-refractivity contribution in [3.05, 3.63) is 57.1 Å². The third-order valence-electron chi connectivity index (χ3n) is 2.44. The van der Waals surface area contributed by atoms with Crippen molar-refractivity contribution < 1.29 is 9.21 Å². The van der Waals surface area contributed by atoms with Gasteiger partial charge in [-0.3, -0.25) is 4.79 Å². The predicted octanol–water partition coefficient (Wildman–Crippen LogP) is 3.12. The van der Waals surface area contributed by atoms with Gasteiger partial charge in [-0.05, 0) is 53.3 Å². The second-order valence-electron chi connectivity index (χ2n) is 3.70. The maximum atomic E-state index is 12.0. The molecule has 0 aliphatic carbocycles. The number of benzene rings is 1. The number of rotatable bonds is 3. The van der Waals surface area contributed by atoms with E-state index in [0.717, 1.165) is 14.9 Å². The zero-order valence-corrected chi connectivity index (χ0v) is 11.5. The van der Waals surface area contributed by atoms with Gasteiger partial charge in [0.05, 0.1) is 18.4 Å². The molecule has 1 amide bonds. The van der Waals surface area contributed by atoms with Gasteiger partial charge >= 0.3 is 0 Å². The van der Waals surface area contributed by atoms with Gasteiger partial charge in [0.15, 0.2) is 0 Å². The zero-order chi connectivity index (χ0) is 12.3. The monoisotopic (exact) mass is 341 g/mol. The van der Waals surface area contributed by atoms with Crippen molar-refractivity contribution >= 4 is 28.5 Å². The number of amides is 1. The molecule has 1 N–H and O–H groups in total. The maximum absolute atomic E-state index is 12.0.